The van der Waals surface area contributed by atoms with Gasteiger partial charge in [-0.3, -0.25) is 0 Å². The predicted molar refractivity (Wildman–Crippen MR) is 34.2 cm³/mol. The summed E-state index contributed by atoms with van der Waals surface area (Å²) in [5.41, 5.74) is 5.65. The highest BCUT2D eigenvalue weighted by Crippen LogP contribution is 2.20. The zero-order valence-electron chi connectivity index (χ0n) is 4.35. The molecule has 0 radical (unpaired) electrons. The van der Waals surface area contributed by atoms with Crippen LogP contribution in [0.4, 0.5) is 0 Å². The summed E-state index contributed by atoms with van der Waals surface area (Å²) in [6.07, 6.45) is 2.04. The van der Waals surface area contributed by atoms with Crippen LogP contribution >= 0.6 is 11.8 Å². The Morgan fingerprint density at radius 1 is 1.86 bits per heavy atom. The van der Waals surface area contributed by atoms with Gasteiger partial charge in [-0.15, -0.1) is 11.8 Å². The summed E-state index contributed by atoms with van der Waals surface area (Å²) in [7, 11) is 0. The van der Waals surface area contributed by atoms with Crippen LogP contribution in [0.3, 0.4) is 0 Å². The van der Waals surface area contributed by atoms with Gasteiger partial charge < -0.3 is 5.73 Å². The Kier molecular flexibility index (Phi) is 1.13. The van der Waals surface area contributed by atoms with E-state index in [2.05, 4.69) is 5.41 Å². The molecule has 0 spiro atoms. The Labute approximate surface area is 48.0 Å². The highest BCUT2D eigenvalue weighted by atomic mass is 32.2. The third-order valence-electron chi connectivity index (χ3n) is 0.939. The third kappa shape index (κ3) is 1.21. The average molecular weight is 115 g/mol. The Morgan fingerprint density at radius 2 is 2.57 bits per heavy atom. The average Bonchev–Trinajstić information content (AvgIpc) is 1.84. The molecule has 1 aliphatic rings. The molecule has 2 heteroatoms. The van der Waals surface area contributed by atoms with E-state index in [1.165, 1.54) is 0 Å². The SMILES string of the molecule is CC1(N)C=CSC1. The first-order valence-electron chi connectivity index (χ1n) is 2.29. The van der Waals surface area contributed by atoms with Crippen molar-refractivity contribution < 1.29 is 0 Å². The largest absolute Gasteiger partial charge is 0.321 e. The standard InChI is InChI=1S/C5H9NS/c1-5(6)2-3-7-4-5/h2-3H,4,6H2,1H3. The summed E-state index contributed by atoms with van der Waals surface area (Å²) in [6.45, 7) is 2.03. The topological polar surface area (TPSA) is 26.0 Å². The predicted octanol–water partition coefficient (Wildman–Crippen LogP) is 0.964. The van der Waals surface area contributed by atoms with Gasteiger partial charge in [-0.1, -0.05) is 6.08 Å². The van der Waals surface area contributed by atoms with E-state index in [1.54, 1.807) is 11.8 Å². The second-order valence-corrected chi connectivity index (χ2v) is 3.01. The smallest absolute Gasteiger partial charge is 0.0413 e. The van der Waals surface area contributed by atoms with Crippen molar-refractivity contribution in [3.05, 3.63) is 11.5 Å². The van der Waals surface area contributed by atoms with Crippen molar-refractivity contribution in [3.8, 4) is 0 Å². The molecule has 7 heavy (non-hydrogen) atoms. The van der Waals surface area contributed by atoms with Crippen LogP contribution in [0.25, 0.3) is 0 Å². The zero-order chi connectivity index (χ0) is 5.33. The number of rotatable bonds is 0. The second kappa shape index (κ2) is 1.53. The molecule has 2 N–H and O–H groups in total. The minimum Gasteiger partial charge on any atom is -0.321 e. The lowest BCUT2D eigenvalue weighted by Gasteiger charge is -2.11. The molecule has 1 heterocycles. The van der Waals surface area contributed by atoms with Crippen molar-refractivity contribution >= 4 is 11.8 Å². The van der Waals surface area contributed by atoms with Gasteiger partial charge in [0.1, 0.15) is 0 Å². The molecule has 0 aromatic carbocycles. The van der Waals surface area contributed by atoms with E-state index in [1.807, 2.05) is 13.0 Å². The normalized spacial score (nSPS) is 39.7. The van der Waals surface area contributed by atoms with Gasteiger partial charge in [0, 0.05) is 11.3 Å². The Balaban J connectivity index is 2.57. The highest BCUT2D eigenvalue weighted by Gasteiger charge is 2.17. The lowest BCUT2D eigenvalue weighted by Crippen LogP contribution is -2.33. The van der Waals surface area contributed by atoms with Gasteiger partial charge in [-0.05, 0) is 12.3 Å². The third-order valence-corrected chi connectivity index (χ3v) is 2.06. The van der Waals surface area contributed by atoms with E-state index in [4.69, 9.17) is 5.73 Å². The van der Waals surface area contributed by atoms with E-state index in [9.17, 15) is 0 Å². The van der Waals surface area contributed by atoms with Crippen molar-refractivity contribution in [3.63, 3.8) is 0 Å². The molecular formula is C5H9NS. The number of hydrogen-bond acceptors (Lipinski definition) is 2. The van der Waals surface area contributed by atoms with Crippen LogP contribution in [0.2, 0.25) is 0 Å². The van der Waals surface area contributed by atoms with Crippen LogP contribution in [-0.2, 0) is 0 Å². The molecule has 0 saturated carbocycles. The molecular weight excluding hydrogens is 106 g/mol. The molecule has 0 aromatic heterocycles. The van der Waals surface area contributed by atoms with Gasteiger partial charge in [-0.25, -0.2) is 0 Å². The van der Waals surface area contributed by atoms with Crippen LogP contribution < -0.4 is 5.73 Å². The lowest BCUT2D eigenvalue weighted by molar-refractivity contribution is 0.675. The van der Waals surface area contributed by atoms with Gasteiger partial charge >= 0.3 is 0 Å². The molecule has 1 rings (SSSR count). The zero-order valence-corrected chi connectivity index (χ0v) is 5.16. The van der Waals surface area contributed by atoms with E-state index >= 15 is 0 Å². The molecule has 0 saturated heterocycles. The fourth-order valence-electron chi connectivity index (χ4n) is 0.479. The van der Waals surface area contributed by atoms with Crippen molar-refractivity contribution in [2.45, 2.75) is 12.5 Å². The number of nitrogens with two attached hydrogens (primary N) is 1. The Bertz CT molecular complexity index is 96.3. The first kappa shape index (κ1) is 5.19. The van der Waals surface area contributed by atoms with Gasteiger partial charge in [-0.2, -0.15) is 0 Å². The molecule has 1 atom stereocenters. The molecule has 0 bridgehead atoms. The molecule has 1 nitrogen and oxygen atoms in total. The van der Waals surface area contributed by atoms with Crippen LogP contribution in [-0.4, -0.2) is 11.3 Å². The fourth-order valence-corrected chi connectivity index (χ4v) is 1.44. The number of hydrogen-bond donors (Lipinski definition) is 1. The summed E-state index contributed by atoms with van der Waals surface area (Å²) in [6, 6.07) is 0. The molecule has 1 aliphatic heterocycles. The first-order valence-corrected chi connectivity index (χ1v) is 3.34. The lowest BCUT2D eigenvalue weighted by atomic mass is 10.1. The fraction of sp³-hybridized carbons (Fsp3) is 0.600. The monoisotopic (exact) mass is 115 g/mol. The van der Waals surface area contributed by atoms with Crippen LogP contribution in [0.15, 0.2) is 11.5 Å². The van der Waals surface area contributed by atoms with Crippen LogP contribution in [0.1, 0.15) is 6.92 Å². The molecule has 0 aliphatic carbocycles. The minimum absolute atomic E-state index is 0.0231. The van der Waals surface area contributed by atoms with Crippen LogP contribution in [0, 0.1) is 0 Å². The maximum Gasteiger partial charge on any atom is 0.0413 e. The van der Waals surface area contributed by atoms with Gasteiger partial charge in [0.2, 0.25) is 0 Å². The van der Waals surface area contributed by atoms with Crippen molar-refractivity contribution in [2.24, 2.45) is 5.73 Å². The molecule has 0 fully saturated rings. The summed E-state index contributed by atoms with van der Waals surface area (Å²) in [5, 5.41) is 2.06. The van der Waals surface area contributed by atoms with Gasteiger partial charge in [0.15, 0.2) is 0 Å². The highest BCUT2D eigenvalue weighted by molar-refractivity contribution is 8.02. The molecule has 0 amide bonds. The van der Waals surface area contributed by atoms with E-state index < -0.39 is 0 Å². The quantitative estimate of drug-likeness (QED) is 0.509. The maximum atomic E-state index is 5.67. The summed E-state index contributed by atoms with van der Waals surface area (Å²) in [5.74, 6) is 1.03. The van der Waals surface area contributed by atoms with Crippen molar-refractivity contribution in [2.75, 3.05) is 5.75 Å². The van der Waals surface area contributed by atoms with Gasteiger partial charge in [0.25, 0.3) is 0 Å². The van der Waals surface area contributed by atoms with E-state index in [-0.39, 0.29) is 5.54 Å². The molecule has 1 unspecified atom stereocenters. The molecule has 40 valence electrons. The van der Waals surface area contributed by atoms with E-state index in [0.29, 0.717) is 0 Å². The summed E-state index contributed by atoms with van der Waals surface area (Å²) in [4.78, 5) is 0. The van der Waals surface area contributed by atoms with E-state index in [0.717, 1.165) is 5.75 Å². The molecule has 0 aromatic rings. The Morgan fingerprint density at radius 3 is 2.71 bits per heavy atom. The summed E-state index contributed by atoms with van der Waals surface area (Å²) >= 11 is 1.78. The first-order chi connectivity index (χ1) is 3.21. The minimum atomic E-state index is -0.0231. The van der Waals surface area contributed by atoms with Crippen molar-refractivity contribution in [1.82, 2.24) is 0 Å². The maximum absolute atomic E-state index is 5.67. The van der Waals surface area contributed by atoms with Crippen molar-refractivity contribution in [1.29, 1.82) is 0 Å². The Hall–Kier alpha value is 0.0500. The van der Waals surface area contributed by atoms with Crippen LogP contribution in [0.5, 0.6) is 0 Å². The number of thioether (sulfide) groups is 1. The van der Waals surface area contributed by atoms with Gasteiger partial charge in [0.05, 0.1) is 0 Å². The second-order valence-electron chi connectivity index (χ2n) is 2.12. The summed E-state index contributed by atoms with van der Waals surface area (Å²) < 4.78 is 0.